The van der Waals surface area contributed by atoms with Crippen molar-refractivity contribution in [2.45, 2.75) is 19.4 Å². The molecule has 2 heterocycles. The van der Waals surface area contributed by atoms with Crippen LogP contribution in [0.1, 0.15) is 28.0 Å². The summed E-state index contributed by atoms with van der Waals surface area (Å²) in [6.45, 7) is 2.52. The molecule has 0 spiro atoms. The summed E-state index contributed by atoms with van der Waals surface area (Å²) in [7, 11) is 0. The number of hydrogen-bond donors (Lipinski definition) is 1. The quantitative estimate of drug-likeness (QED) is 0.645. The number of nitrogens with zero attached hydrogens (tertiary/aromatic N) is 5. The van der Waals surface area contributed by atoms with Crippen molar-refractivity contribution in [3.63, 3.8) is 0 Å². The summed E-state index contributed by atoms with van der Waals surface area (Å²) in [6.07, 6.45) is 2.08. The van der Waals surface area contributed by atoms with Gasteiger partial charge in [-0.25, -0.2) is 9.97 Å². The third-order valence-corrected chi connectivity index (χ3v) is 4.30. The van der Waals surface area contributed by atoms with Crippen molar-refractivity contribution in [1.82, 2.24) is 14.9 Å². The maximum atomic E-state index is 13.7. The molecule has 0 saturated carbocycles. The normalized spacial score (nSPS) is 16.0. The fraction of sp³-hybridized carbons (Fsp3) is 0.294. The van der Waals surface area contributed by atoms with Crippen molar-refractivity contribution in [3.05, 3.63) is 57.1 Å². The van der Waals surface area contributed by atoms with Crippen molar-refractivity contribution in [1.29, 1.82) is 5.26 Å². The standard InChI is InChI=1S/C17H15FN6O3/c1-10-12(7-19)8-20-17(21-10)22-13-4-5-23(9-13)16(25)11-2-3-15(24(26)27)14(18)6-11/h2-3,6,8,13H,4-5,9H2,1H3,(H,20,21,22)/t13-/m1/s1. The second-order valence-electron chi connectivity index (χ2n) is 6.11. The molecule has 0 aliphatic carbocycles. The number of amides is 1. The average molecular weight is 370 g/mol. The molecule has 1 N–H and O–H groups in total. The highest BCUT2D eigenvalue weighted by Gasteiger charge is 2.28. The minimum Gasteiger partial charge on any atom is -0.350 e. The fourth-order valence-corrected chi connectivity index (χ4v) is 2.86. The average Bonchev–Trinajstić information content (AvgIpc) is 3.09. The number of aryl methyl sites for hydroxylation is 1. The lowest BCUT2D eigenvalue weighted by Gasteiger charge is -2.17. The summed E-state index contributed by atoms with van der Waals surface area (Å²) in [6, 6.07) is 5.02. The highest BCUT2D eigenvalue weighted by atomic mass is 19.1. The Bertz CT molecular complexity index is 958. The lowest BCUT2D eigenvalue weighted by Crippen LogP contribution is -2.32. The van der Waals surface area contributed by atoms with Gasteiger partial charge in [0.2, 0.25) is 11.8 Å². The predicted octanol–water partition coefficient (Wildman–Crippen LogP) is 2.03. The van der Waals surface area contributed by atoms with Crippen LogP contribution in [-0.4, -0.2) is 44.8 Å². The highest BCUT2D eigenvalue weighted by Crippen LogP contribution is 2.21. The van der Waals surface area contributed by atoms with Gasteiger partial charge < -0.3 is 10.2 Å². The largest absolute Gasteiger partial charge is 0.350 e. The molecule has 1 atom stereocenters. The van der Waals surface area contributed by atoms with E-state index in [0.717, 1.165) is 12.1 Å². The Morgan fingerprint density at radius 1 is 1.52 bits per heavy atom. The van der Waals surface area contributed by atoms with Crippen LogP contribution >= 0.6 is 0 Å². The van der Waals surface area contributed by atoms with E-state index in [0.29, 0.717) is 36.7 Å². The molecule has 27 heavy (non-hydrogen) atoms. The van der Waals surface area contributed by atoms with Gasteiger partial charge in [-0.05, 0) is 25.5 Å². The first kappa shape index (κ1) is 18.2. The van der Waals surface area contributed by atoms with Crippen LogP contribution < -0.4 is 5.32 Å². The van der Waals surface area contributed by atoms with E-state index in [4.69, 9.17) is 5.26 Å². The van der Waals surface area contributed by atoms with Crippen molar-refractivity contribution < 1.29 is 14.1 Å². The van der Waals surface area contributed by atoms with Crippen molar-refractivity contribution in [3.8, 4) is 6.07 Å². The summed E-state index contributed by atoms with van der Waals surface area (Å²) >= 11 is 0. The molecule has 9 nitrogen and oxygen atoms in total. The number of nitrogens with one attached hydrogen (secondary N) is 1. The molecule has 1 saturated heterocycles. The smallest absolute Gasteiger partial charge is 0.304 e. The van der Waals surface area contributed by atoms with Gasteiger partial charge in [-0.1, -0.05) is 0 Å². The summed E-state index contributed by atoms with van der Waals surface area (Å²) in [5.74, 6) is -1.07. The molecule has 10 heteroatoms. The van der Waals surface area contributed by atoms with Gasteiger partial charge in [0.15, 0.2) is 0 Å². The number of nitro groups is 1. The molecule has 1 amide bonds. The molecule has 1 aromatic carbocycles. The van der Waals surface area contributed by atoms with E-state index >= 15 is 0 Å². The summed E-state index contributed by atoms with van der Waals surface area (Å²) < 4.78 is 13.7. The number of rotatable bonds is 4. The van der Waals surface area contributed by atoms with E-state index in [9.17, 15) is 19.3 Å². The van der Waals surface area contributed by atoms with E-state index in [-0.39, 0.29) is 11.6 Å². The second kappa shape index (κ2) is 7.33. The van der Waals surface area contributed by atoms with Gasteiger partial charge in [0.25, 0.3) is 5.91 Å². The Morgan fingerprint density at radius 3 is 2.93 bits per heavy atom. The van der Waals surface area contributed by atoms with Crippen LogP contribution in [0.4, 0.5) is 16.0 Å². The van der Waals surface area contributed by atoms with Gasteiger partial charge in [-0.15, -0.1) is 0 Å². The van der Waals surface area contributed by atoms with Crippen LogP contribution in [0.15, 0.2) is 24.4 Å². The molecule has 3 rings (SSSR count). The summed E-state index contributed by atoms with van der Waals surface area (Å²) in [4.78, 5) is 32.2. The first-order valence-electron chi connectivity index (χ1n) is 8.12. The van der Waals surface area contributed by atoms with E-state index in [1.807, 2.05) is 6.07 Å². The molecular formula is C17H15FN6O3. The number of anilines is 1. The van der Waals surface area contributed by atoms with Crippen LogP contribution in [0.5, 0.6) is 0 Å². The summed E-state index contributed by atoms with van der Waals surface area (Å²) in [5.41, 5.74) is 0.344. The van der Waals surface area contributed by atoms with Crippen molar-refractivity contribution in [2.75, 3.05) is 18.4 Å². The molecule has 0 radical (unpaired) electrons. The maximum absolute atomic E-state index is 13.7. The number of nitriles is 1. The van der Waals surface area contributed by atoms with Crippen LogP contribution in [0.2, 0.25) is 0 Å². The number of halogens is 1. The van der Waals surface area contributed by atoms with Gasteiger partial charge in [-0.3, -0.25) is 14.9 Å². The zero-order valence-corrected chi connectivity index (χ0v) is 14.3. The maximum Gasteiger partial charge on any atom is 0.304 e. The second-order valence-corrected chi connectivity index (χ2v) is 6.11. The topological polar surface area (TPSA) is 125 Å². The van der Waals surface area contributed by atoms with Gasteiger partial charge in [-0.2, -0.15) is 9.65 Å². The zero-order chi connectivity index (χ0) is 19.6. The molecule has 0 bridgehead atoms. The minimum absolute atomic E-state index is 0.0595. The van der Waals surface area contributed by atoms with Crippen LogP contribution in [0.25, 0.3) is 0 Å². The summed E-state index contributed by atoms with van der Waals surface area (Å²) in [5, 5.41) is 22.7. The molecule has 2 aromatic rings. The van der Waals surface area contributed by atoms with Crippen LogP contribution in [-0.2, 0) is 0 Å². The number of likely N-dealkylation sites (tertiary alicyclic amines) is 1. The van der Waals surface area contributed by atoms with Gasteiger partial charge in [0, 0.05) is 30.8 Å². The zero-order valence-electron chi connectivity index (χ0n) is 14.3. The highest BCUT2D eigenvalue weighted by molar-refractivity contribution is 5.94. The Morgan fingerprint density at radius 2 is 2.30 bits per heavy atom. The van der Waals surface area contributed by atoms with Crippen LogP contribution in [0, 0.1) is 34.2 Å². The number of hydrogen-bond acceptors (Lipinski definition) is 7. The molecule has 1 aliphatic heterocycles. The molecule has 138 valence electrons. The van der Waals surface area contributed by atoms with Gasteiger partial charge >= 0.3 is 5.69 Å². The van der Waals surface area contributed by atoms with Gasteiger partial charge in [0.05, 0.1) is 22.4 Å². The number of carbonyl (C=O) groups is 1. The first-order chi connectivity index (χ1) is 12.9. The lowest BCUT2D eigenvalue weighted by molar-refractivity contribution is -0.387. The number of benzene rings is 1. The predicted molar refractivity (Wildman–Crippen MR) is 92.5 cm³/mol. The van der Waals surface area contributed by atoms with E-state index < -0.39 is 22.3 Å². The third-order valence-electron chi connectivity index (χ3n) is 4.30. The first-order valence-corrected chi connectivity index (χ1v) is 8.12. The molecular weight excluding hydrogens is 355 g/mol. The Balaban J connectivity index is 1.66. The molecule has 1 fully saturated rings. The molecule has 0 unspecified atom stereocenters. The lowest BCUT2D eigenvalue weighted by atomic mass is 10.1. The van der Waals surface area contributed by atoms with Gasteiger partial charge in [0.1, 0.15) is 6.07 Å². The minimum atomic E-state index is -1.04. The third kappa shape index (κ3) is 3.82. The monoisotopic (exact) mass is 370 g/mol. The fourth-order valence-electron chi connectivity index (χ4n) is 2.86. The Hall–Kier alpha value is -3.61. The van der Waals surface area contributed by atoms with Crippen molar-refractivity contribution >= 4 is 17.5 Å². The Labute approximate surface area is 153 Å². The van der Waals surface area contributed by atoms with E-state index in [2.05, 4.69) is 15.3 Å². The van der Waals surface area contributed by atoms with Crippen molar-refractivity contribution in [2.24, 2.45) is 0 Å². The number of carbonyl (C=O) groups excluding carboxylic acids is 1. The SMILES string of the molecule is Cc1nc(N[C@@H]2CCN(C(=O)c3ccc([N+](=O)[O-])c(F)c3)C2)ncc1C#N. The molecule has 1 aromatic heterocycles. The Kier molecular flexibility index (Phi) is 4.94. The van der Waals surface area contributed by atoms with E-state index in [1.165, 1.54) is 17.2 Å². The van der Waals surface area contributed by atoms with Crippen LogP contribution in [0.3, 0.4) is 0 Å². The van der Waals surface area contributed by atoms with E-state index in [1.54, 1.807) is 6.92 Å². The number of aromatic nitrogens is 2. The molecule has 1 aliphatic rings. The number of nitro benzene ring substituents is 1.